The Morgan fingerprint density at radius 1 is 1.29 bits per heavy atom. The summed E-state index contributed by atoms with van der Waals surface area (Å²) in [5.41, 5.74) is 6.75. The lowest BCUT2D eigenvalue weighted by atomic mass is 9.73. The van der Waals surface area contributed by atoms with Crippen molar-refractivity contribution in [1.82, 2.24) is 4.90 Å². The molecule has 2 nitrogen and oxygen atoms in total. The van der Waals surface area contributed by atoms with Crippen LogP contribution in [0.2, 0.25) is 0 Å². The molecule has 14 heavy (non-hydrogen) atoms. The van der Waals surface area contributed by atoms with Gasteiger partial charge in [-0.2, -0.15) is 0 Å². The van der Waals surface area contributed by atoms with Crippen LogP contribution in [0.3, 0.4) is 0 Å². The molecule has 0 spiro atoms. The molecule has 82 valence electrons. The van der Waals surface area contributed by atoms with Gasteiger partial charge in [0.15, 0.2) is 0 Å². The minimum absolute atomic E-state index is 0.197. The largest absolute Gasteiger partial charge is 0.325 e. The molecule has 2 rings (SSSR count). The van der Waals surface area contributed by atoms with Gasteiger partial charge in [0, 0.05) is 12.1 Å². The molecule has 0 bridgehead atoms. The van der Waals surface area contributed by atoms with Crippen molar-refractivity contribution in [2.45, 2.75) is 51.0 Å². The second kappa shape index (κ2) is 4.19. The SMILES string of the molecule is CCN1CCC(C2(N)CCCCC2)C1. The summed E-state index contributed by atoms with van der Waals surface area (Å²) in [5, 5.41) is 0. The zero-order valence-corrected chi connectivity index (χ0v) is 9.47. The van der Waals surface area contributed by atoms with Crippen molar-refractivity contribution in [3.8, 4) is 0 Å². The van der Waals surface area contributed by atoms with Gasteiger partial charge >= 0.3 is 0 Å². The van der Waals surface area contributed by atoms with Crippen LogP contribution in [0.4, 0.5) is 0 Å². The van der Waals surface area contributed by atoms with Crippen LogP contribution in [0.25, 0.3) is 0 Å². The summed E-state index contributed by atoms with van der Waals surface area (Å²) >= 11 is 0. The highest BCUT2D eigenvalue weighted by molar-refractivity contribution is 4.97. The number of nitrogens with zero attached hydrogens (tertiary/aromatic N) is 1. The maximum Gasteiger partial charge on any atom is 0.0195 e. The fourth-order valence-electron chi connectivity index (χ4n) is 3.21. The molecule has 1 aliphatic carbocycles. The van der Waals surface area contributed by atoms with Crippen LogP contribution in [-0.4, -0.2) is 30.1 Å². The van der Waals surface area contributed by atoms with Gasteiger partial charge < -0.3 is 10.6 Å². The lowest BCUT2D eigenvalue weighted by Gasteiger charge is -2.38. The number of hydrogen-bond acceptors (Lipinski definition) is 2. The average Bonchev–Trinajstić information content (AvgIpc) is 2.67. The van der Waals surface area contributed by atoms with E-state index in [1.165, 1.54) is 58.2 Å². The van der Waals surface area contributed by atoms with Crippen molar-refractivity contribution >= 4 is 0 Å². The first-order chi connectivity index (χ1) is 6.74. The molecule has 1 saturated heterocycles. The number of hydrogen-bond donors (Lipinski definition) is 1. The fourth-order valence-corrected chi connectivity index (χ4v) is 3.21. The molecule has 0 aromatic carbocycles. The number of likely N-dealkylation sites (tertiary alicyclic amines) is 1. The predicted molar refractivity (Wildman–Crippen MR) is 60.2 cm³/mol. The number of rotatable bonds is 2. The summed E-state index contributed by atoms with van der Waals surface area (Å²) in [4.78, 5) is 2.55. The van der Waals surface area contributed by atoms with Gasteiger partial charge in [-0.15, -0.1) is 0 Å². The molecule has 0 radical (unpaired) electrons. The minimum atomic E-state index is 0.197. The van der Waals surface area contributed by atoms with Gasteiger partial charge in [0.25, 0.3) is 0 Å². The fraction of sp³-hybridized carbons (Fsp3) is 1.00. The third kappa shape index (κ3) is 1.96. The van der Waals surface area contributed by atoms with Crippen LogP contribution < -0.4 is 5.73 Å². The average molecular weight is 196 g/mol. The van der Waals surface area contributed by atoms with E-state index in [0.29, 0.717) is 0 Å². The van der Waals surface area contributed by atoms with Crippen LogP contribution >= 0.6 is 0 Å². The van der Waals surface area contributed by atoms with Crippen molar-refractivity contribution in [3.05, 3.63) is 0 Å². The molecule has 1 unspecified atom stereocenters. The van der Waals surface area contributed by atoms with E-state index in [4.69, 9.17) is 5.73 Å². The third-order valence-electron chi connectivity index (χ3n) is 4.32. The first-order valence-electron chi connectivity index (χ1n) is 6.26. The summed E-state index contributed by atoms with van der Waals surface area (Å²) in [6.45, 7) is 5.99. The summed E-state index contributed by atoms with van der Waals surface area (Å²) in [5.74, 6) is 0.780. The maximum absolute atomic E-state index is 6.55. The van der Waals surface area contributed by atoms with Crippen molar-refractivity contribution in [3.63, 3.8) is 0 Å². The van der Waals surface area contributed by atoms with E-state index < -0.39 is 0 Å². The molecule has 1 saturated carbocycles. The van der Waals surface area contributed by atoms with Gasteiger partial charge in [-0.25, -0.2) is 0 Å². The van der Waals surface area contributed by atoms with Gasteiger partial charge in [0.05, 0.1) is 0 Å². The zero-order chi connectivity index (χ0) is 10.0. The van der Waals surface area contributed by atoms with E-state index >= 15 is 0 Å². The summed E-state index contributed by atoms with van der Waals surface area (Å²) < 4.78 is 0. The normalized spacial score (nSPS) is 33.4. The van der Waals surface area contributed by atoms with Crippen LogP contribution in [0.15, 0.2) is 0 Å². The van der Waals surface area contributed by atoms with Crippen LogP contribution in [-0.2, 0) is 0 Å². The molecule has 0 aromatic rings. The standard InChI is InChI=1S/C12H24N2/c1-2-14-9-6-11(10-14)12(13)7-4-3-5-8-12/h11H,2-10,13H2,1H3. The Kier molecular flexibility index (Phi) is 3.13. The third-order valence-corrected chi connectivity index (χ3v) is 4.32. The molecule has 1 aliphatic heterocycles. The Morgan fingerprint density at radius 3 is 2.57 bits per heavy atom. The minimum Gasteiger partial charge on any atom is -0.325 e. The molecule has 1 atom stereocenters. The van der Waals surface area contributed by atoms with E-state index in [1.54, 1.807) is 0 Å². The highest BCUT2D eigenvalue weighted by Gasteiger charge is 2.39. The van der Waals surface area contributed by atoms with Crippen LogP contribution in [0.1, 0.15) is 45.4 Å². The van der Waals surface area contributed by atoms with Crippen LogP contribution in [0, 0.1) is 5.92 Å². The van der Waals surface area contributed by atoms with Gasteiger partial charge in [-0.05, 0) is 38.3 Å². The number of nitrogens with two attached hydrogens (primary N) is 1. The van der Waals surface area contributed by atoms with Crippen LogP contribution in [0.5, 0.6) is 0 Å². The summed E-state index contributed by atoms with van der Waals surface area (Å²) in [7, 11) is 0. The molecular weight excluding hydrogens is 172 g/mol. The Bertz CT molecular complexity index is 185. The van der Waals surface area contributed by atoms with Crippen molar-refractivity contribution in [1.29, 1.82) is 0 Å². The Balaban J connectivity index is 1.93. The van der Waals surface area contributed by atoms with Crippen molar-refractivity contribution in [2.75, 3.05) is 19.6 Å². The van der Waals surface area contributed by atoms with E-state index in [1.807, 2.05) is 0 Å². The topological polar surface area (TPSA) is 29.3 Å². The molecular formula is C12H24N2. The quantitative estimate of drug-likeness (QED) is 0.732. The van der Waals surface area contributed by atoms with E-state index in [0.717, 1.165) is 5.92 Å². The van der Waals surface area contributed by atoms with Crippen molar-refractivity contribution < 1.29 is 0 Å². The zero-order valence-electron chi connectivity index (χ0n) is 9.47. The Hall–Kier alpha value is -0.0800. The van der Waals surface area contributed by atoms with Gasteiger partial charge in [0.1, 0.15) is 0 Å². The van der Waals surface area contributed by atoms with E-state index in [-0.39, 0.29) is 5.54 Å². The lowest BCUT2D eigenvalue weighted by molar-refractivity contribution is 0.194. The Morgan fingerprint density at radius 2 is 2.00 bits per heavy atom. The first-order valence-corrected chi connectivity index (χ1v) is 6.26. The highest BCUT2D eigenvalue weighted by atomic mass is 15.1. The molecule has 2 aliphatic rings. The molecule has 2 heteroatoms. The van der Waals surface area contributed by atoms with Gasteiger partial charge in [0.2, 0.25) is 0 Å². The maximum atomic E-state index is 6.55. The van der Waals surface area contributed by atoms with Gasteiger partial charge in [-0.1, -0.05) is 26.2 Å². The second-order valence-electron chi connectivity index (χ2n) is 5.17. The molecule has 2 fully saturated rings. The Labute approximate surface area is 87.8 Å². The molecule has 0 amide bonds. The smallest absolute Gasteiger partial charge is 0.0195 e. The predicted octanol–water partition coefficient (Wildman–Crippen LogP) is 1.99. The van der Waals surface area contributed by atoms with E-state index in [2.05, 4.69) is 11.8 Å². The van der Waals surface area contributed by atoms with Crippen molar-refractivity contribution in [2.24, 2.45) is 11.7 Å². The summed E-state index contributed by atoms with van der Waals surface area (Å²) in [6.07, 6.45) is 8.01. The first kappa shape index (κ1) is 10.4. The van der Waals surface area contributed by atoms with E-state index in [9.17, 15) is 0 Å². The molecule has 2 N–H and O–H groups in total. The highest BCUT2D eigenvalue weighted by Crippen LogP contribution is 2.36. The second-order valence-corrected chi connectivity index (χ2v) is 5.17. The van der Waals surface area contributed by atoms with Gasteiger partial charge in [-0.3, -0.25) is 0 Å². The molecule has 1 heterocycles. The molecule has 0 aromatic heterocycles. The monoisotopic (exact) mass is 196 g/mol. The summed E-state index contributed by atoms with van der Waals surface area (Å²) in [6, 6.07) is 0. The lowest BCUT2D eigenvalue weighted by Crippen LogP contribution is -2.49.